The summed E-state index contributed by atoms with van der Waals surface area (Å²) in [6.45, 7) is 1.31. The van der Waals surface area contributed by atoms with Crippen molar-refractivity contribution in [2.24, 2.45) is 0 Å². The van der Waals surface area contributed by atoms with Gasteiger partial charge in [0.1, 0.15) is 5.75 Å². The fourth-order valence-electron chi connectivity index (χ4n) is 2.80. The third kappa shape index (κ3) is 4.53. The third-order valence-corrected chi connectivity index (χ3v) is 4.85. The lowest BCUT2D eigenvalue weighted by Gasteiger charge is -2.33. The number of ether oxygens (including phenoxy) is 1. The minimum atomic E-state index is -1.98. The van der Waals surface area contributed by atoms with Crippen LogP contribution in [0.25, 0.3) is 0 Å². The van der Waals surface area contributed by atoms with E-state index in [1.54, 1.807) is 36.4 Å². The quantitative estimate of drug-likeness (QED) is 0.634. The van der Waals surface area contributed by atoms with E-state index in [0.29, 0.717) is 10.7 Å². The van der Waals surface area contributed by atoms with E-state index in [-0.39, 0.29) is 21.9 Å². The fraction of sp³-hybridized carbons (Fsp3) is 0.0909. The molecule has 3 aromatic rings. The predicted molar refractivity (Wildman–Crippen MR) is 110 cm³/mol. The average molecular weight is 429 g/mol. The van der Waals surface area contributed by atoms with E-state index >= 15 is 0 Å². The summed E-state index contributed by atoms with van der Waals surface area (Å²) < 4.78 is 5.74. The maximum atomic E-state index is 12.8. The highest BCUT2D eigenvalue weighted by Crippen LogP contribution is 2.35. The van der Waals surface area contributed by atoms with E-state index < -0.39 is 17.5 Å². The number of nitrogens with one attached hydrogen (secondary N) is 1. The number of aliphatic carboxylic acids is 1. The molecule has 3 aromatic carbocycles. The first-order chi connectivity index (χ1) is 13.8. The number of hydrogen-bond acceptors (Lipinski definition) is 4. The molecule has 1 unspecified atom stereocenters. The number of carbonyl (C=O) groups excluding carboxylic acids is 2. The van der Waals surface area contributed by atoms with Gasteiger partial charge in [-0.15, -0.1) is 0 Å². The largest absolute Gasteiger partial charge is 0.545 e. The Bertz CT molecular complexity index is 1060. The average Bonchev–Trinajstić information content (AvgIpc) is 2.70. The van der Waals surface area contributed by atoms with Gasteiger partial charge in [-0.25, -0.2) is 0 Å². The molecule has 7 heteroatoms. The smallest absolute Gasteiger partial charge is 0.256 e. The van der Waals surface area contributed by atoms with Crippen molar-refractivity contribution in [2.45, 2.75) is 12.5 Å². The summed E-state index contributed by atoms with van der Waals surface area (Å²) in [6.07, 6.45) is 0. The standard InChI is InChI=1S/C22H17Cl2NO4/c1-22(21(27)28,29-19-12-11-14(23)13-18(19)24)17-10-6-5-9-16(17)20(26)25-15-7-3-2-4-8-15/h2-13H,1H3,(H,25,26)(H,27,28)/p-1. The maximum absolute atomic E-state index is 12.8. The molecule has 0 aliphatic carbocycles. The van der Waals surface area contributed by atoms with E-state index in [2.05, 4.69) is 5.32 Å². The molecule has 0 bridgehead atoms. The van der Waals surface area contributed by atoms with Gasteiger partial charge in [0.25, 0.3) is 5.91 Å². The summed E-state index contributed by atoms with van der Waals surface area (Å²) in [5.41, 5.74) is -1.15. The first kappa shape index (κ1) is 20.7. The summed E-state index contributed by atoms with van der Waals surface area (Å²) in [5, 5.41) is 15.4. The lowest BCUT2D eigenvalue weighted by atomic mass is 9.90. The number of carboxylic acid groups (broad SMARTS) is 1. The van der Waals surface area contributed by atoms with E-state index in [1.165, 1.54) is 37.3 Å². The fourth-order valence-corrected chi connectivity index (χ4v) is 3.25. The van der Waals surface area contributed by atoms with Gasteiger partial charge in [-0.3, -0.25) is 4.79 Å². The summed E-state index contributed by atoms with van der Waals surface area (Å²) in [5.74, 6) is -1.91. The molecular weight excluding hydrogens is 413 g/mol. The number of carbonyl (C=O) groups is 2. The molecule has 0 heterocycles. The lowest BCUT2D eigenvalue weighted by Crippen LogP contribution is -2.49. The van der Waals surface area contributed by atoms with Gasteiger partial charge in [0.2, 0.25) is 0 Å². The summed E-state index contributed by atoms with van der Waals surface area (Å²) in [6, 6.07) is 19.5. The number of halogens is 2. The van der Waals surface area contributed by atoms with Gasteiger partial charge < -0.3 is 20.0 Å². The van der Waals surface area contributed by atoms with Gasteiger partial charge in [-0.05, 0) is 43.3 Å². The second kappa shape index (κ2) is 8.55. The number of para-hydroxylation sites is 1. The van der Waals surface area contributed by atoms with Crippen molar-refractivity contribution in [2.75, 3.05) is 5.32 Å². The lowest BCUT2D eigenvalue weighted by molar-refractivity contribution is -0.322. The normalized spacial score (nSPS) is 12.7. The monoisotopic (exact) mass is 428 g/mol. The summed E-state index contributed by atoms with van der Waals surface area (Å²) in [4.78, 5) is 24.9. The molecule has 5 nitrogen and oxygen atoms in total. The molecule has 0 fully saturated rings. The van der Waals surface area contributed by atoms with Crippen LogP contribution in [0.4, 0.5) is 5.69 Å². The van der Waals surface area contributed by atoms with Gasteiger partial charge >= 0.3 is 0 Å². The topological polar surface area (TPSA) is 78.5 Å². The Hall–Kier alpha value is -3.02. The molecule has 148 valence electrons. The van der Waals surface area contributed by atoms with Crippen LogP contribution in [-0.4, -0.2) is 11.9 Å². The van der Waals surface area contributed by atoms with Crippen LogP contribution < -0.4 is 15.2 Å². The van der Waals surface area contributed by atoms with Crippen molar-refractivity contribution in [3.63, 3.8) is 0 Å². The minimum absolute atomic E-state index is 0.0982. The first-order valence-electron chi connectivity index (χ1n) is 8.62. The van der Waals surface area contributed by atoms with E-state index in [4.69, 9.17) is 27.9 Å². The maximum Gasteiger partial charge on any atom is 0.256 e. The molecule has 0 saturated carbocycles. The van der Waals surface area contributed by atoms with Gasteiger partial charge in [-0.2, -0.15) is 0 Å². The molecule has 0 aromatic heterocycles. The van der Waals surface area contributed by atoms with Crippen LogP contribution in [0.5, 0.6) is 5.75 Å². The summed E-state index contributed by atoms with van der Waals surface area (Å²) >= 11 is 12.0. The van der Waals surface area contributed by atoms with Crippen LogP contribution >= 0.6 is 23.2 Å². The van der Waals surface area contributed by atoms with Crippen LogP contribution in [0.1, 0.15) is 22.8 Å². The zero-order valence-corrected chi connectivity index (χ0v) is 16.8. The molecule has 1 N–H and O–H groups in total. The van der Waals surface area contributed by atoms with Gasteiger partial charge in [0.15, 0.2) is 5.60 Å². The van der Waals surface area contributed by atoms with E-state index in [1.807, 2.05) is 6.07 Å². The van der Waals surface area contributed by atoms with Crippen molar-refractivity contribution >= 4 is 40.8 Å². The highest BCUT2D eigenvalue weighted by Gasteiger charge is 2.35. The second-order valence-electron chi connectivity index (χ2n) is 6.36. The van der Waals surface area contributed by atoms with Gasteiger partial charge in [-0.1, -0.05) is 59.6 Å². The highest BCUT2D eigenvalue weighted by atomic mass is 35.5. The molecule has 1 amide bonds. The van der Waals surface area contributed by atoms with Crippen molar-refractivity contribution in [3.05, 3.63) is 94.0 Å². The second-order valence-corrected chi connectivity index (χ2v) is 7.21. The van der Waals surface area contributed by atoms with Crippen molar-refractivity contribution in [3.8, 4) is 5.75 Å². The Morgan fingerprint density at radius 2 is 1.62 bits per heavy atom. The number of carboxylic acids is 1. The van der Waals surface area contributed by atoms with E-state index in [9.17, 15) is 14.7 Å². The van der Waals surface area contributed by atoms with Crippen LogP contribution in [0.15, 0.2) is 72.8 Å². The Balaban J connectivity index is 2.01. The van der Waals surface area contributed by atoms with E-state index in [0.717, 1.165) is 0 Å². The first-order valence-corrected chi connectivity index (χ1v) is 9.38. The molecule has 0 spiro atoms. The molecule has 29 heavy (non-hydrogen) atoms. The van der Waals surface area contributed by atoms with Crippen molar-refractivity contribution in [1.82, 2.24) is 0 Å². The molecule has 0 radical (unpaired) electrons. The van der Waals surface area contributed by atoms with Gasteiger partial charge in [0.05, 0.1) is 11.0 Å². The van der Waals surface area contributed by atoms with Crippen LogP contribution in [0.2, 0.25) is 10.0 Å². The number of amides is 1. The van der Waals surface area contributed by atoms with Crippen LogP contribution in [-0.2, 0) is 10.4 Å². The van der Waals surface area contributed by atoms with Crippen molar-refractivity contribution in [1.29, 1.82) is 0 Å². The number of benzene rings is 3. The predicted octanol–water partition coefficient (Wildman–Crippen LogP) is 4.29. The van der Waals surface area contributed by atoms with Crippen LogP contribution in [0, 0.1) is 0 Å². The Labute approximate surface area is 177 Å². The Kier molecular flexibility index (Phi) is 6.11. The van der Waals surface area contributed by atoms with Gasteiger partial charge in [0, 0.05) is 21.8 Å². The Morgan fingerprint density at radius 3 is 2.28 bits per heavy atom. The zero-order chi connectivity index (χ0) is 21.0. The third-order valence-electron chi connectivity index (χ3n) is 4.31. The van der Waals surface area contributed by atoms with Crippen molar-refractivity contribution < 1.29 is 19.4 Å². The highest BCUT2D eigenvalue weighted by molar-refractivity contribution is 6.35. The number of rotatable bonds is 6. The number of anilines is 1. The molecule has 0 aliphatic rings. The molecule has 1 atom stereocenters. The molecule has 0 aliphatic heterocycles. The molecular formula is C22H16Cl2NO4-. The molecule has 0 saturated heterocycles. The Morgan fingerprint density at radius 1 is 0.966 bits per heavy atom. The van der Waals surface area contributed by atoms with Crippen LogP contribution in [0.3, 0.4) is 0 Å². The molecule has 3 rings (SSSR count). The minimum Gasteiger partial charge on any atom is -0.545 e. The number of hydrogen-bond donors (Lipinski definition) is 1. The summed E-state index contributed by atoms with van der Waals surface area (Å²) in [7, 11) is 0. The zero-order valence-electron chi connectivity index (χ0n) is 15.3. The SMILES string of the molecule is CC(Oc1ccc(Cl)cc1Cl)(C(=O)[O-])c1ccccc1C(=O)Nc1ccccc1.